The summed E-state index contributed by atoms with van der Waals surface area (Å²) in [6.45, 7) is 0.103. The van der Waals surface area contributed by atoms with Crippen molar-refractivity contribution in [3.63, 3.8) is 0 Å². The van der Waals surface area contributed by atoms with Gasteiger partial charge in [-0.25, -0.2) is 0 Å². The van der Waals surface area contributed by atoms with E-state index in [4.69, 9.17) is 14.6 Å². The van der Waals surface area contributed by atoms with E-state index in [-0.39, 0.29) is 19.8 Å². The van der Waals surface area contributed by atoms with Gasteiger partial charge in [-0.15, -0.1) is 0 Å². The number of aliphatic hydroxyl groups excluding tert-OH is 3. The topological polar surface area (TPSA) is 79.2 Å². The highest BCUT2D eigenvalue weighted by Crippen LogP contribution is 2.25. The Bertz CT molecular complexity index is 555. The van der Waals surface area contributed by atoms with Crippen molar-refractivity contribution >= 4 is 0 Å². The maximum absolute atomic E-state index is 10.5. The van der Waals surface area contributed by atoms with E-state index in [1.165, 1.54) is 0 Å². The molecule has 0 spiro atoms. The van der Waals surface area contributed by atoms with Crippen molar-refractivity contribution < 1.29 is 24.8 Å². The second kappa shape index (κ2) is 9.15. The first-order valence-corrected chi connectivity index (χ1v) is 7.59. The Kier molecular flexibility index (Phi) is 6.87. The van der Waals surface area contributed by atoms with E-state index >= 15 is 0 Å². The minimum absolute atomic E-state index is 0.0478. The van der Waals surface area contributed by atoms with Crippen LogP contribution in [0.3, 0.4) is 0 Å². The van der Waals surface area contributed by atoms with Gasteiger partial charge in [-0.1, -0.05) is 30.3 Å². The van der Waals surface area contributed by atoms with Crippen molar-refractivity contribution in [3.05, 3.63) is 60.2 Å². The van der Waals surface area contributed by atoms with Crippen molar-refractivity contribution in [3.8, 4) is 11.5 Å². The lowest BCUT2D eigenvalue weighted by Gasteiger charge is -2.24. The van der Waals surface area contributed by atoms with E-state index in [1.54, 1.807) is 24.3 Å². The number of benzene rings is 2. The molecule has 0 aromatic heterocycles. The lowest BCUT2D eigenvalue weighted by Crippen LogP contribution is -2.26. The maximum atomic E-state index is 10.5. The first kappa shape index (κ1) is 17.3. The van der Waals surface area contributed by atoms with Crippen LogP contribution < -0.4 is 9.47 Å². The average Bonchev–Trinajstić information content (AvgIpc) is 2.60. The predicted octanol–water partition coefficient (Wildman–Crippen LogP) is 1.92. The first-order chi connectivity index (χ1) is 11.2. The molecule has 2 rings (SSSR count). The van der Waals surface area contributed by atoms with E-state index in [0.29, 0.717) is 23.5 Å². The summed E-state index contributed by atoms with van der Waals surface area (Å²) >= 11 is 0. The van der Waals surface area contributed by atoms with Crippen molar-refractivity contribution in [2.24, 2.45) is 0 Å². The van der Waals surface area contributed by atoms with Gasteiger partial charge in [0.2, 0.25) is 0 Å². The summed E-state index contributed by atoms with van der Waals surface area (Å²) in [4.78, 5) is 0. The smallest absolute Gasteiger partial charge is 0.131 e. The third kappa shape index (κ3) is 5.25. The average molecular weight is 318 g/mol. The lowest BCUT2D eigenvalue weighted by atomic mass is 10.0. The van der Waals surface area contributed by atoms with Gasteiger partial charge in [0, 0.05) is 13.0 Å². The van der Waals surface area contributed by atoms with Crippen molar-refractivity contribution in [1.82, 2.24) is 0 Å². The van der Waals surface area contributed by atoms with Crippen LogP contribution in [-0.2, 0) is 0 Å². The summed E-state index contributed by atoms with van der Waals surface area (Å²) in [5.41, 5.74) is 0.677. The molecule has 0 amide bonds. The minimum atomic E-state index is -0.866. The molecule has 0 unspecified atom stereocenters. The molecule has 2 aromatic rings. The molecule has 0 heterocycles. The first-order valence-electron chi connectivity index (χ1n) is 7.59. The Morgan fingerprint density at radius 3 is 2.13 bits per heavy atom. The fraction of sp³-hybridized carbons (Fsp3) is 0.333. The van der Waals surface area contributed by atoms with Gasteiger partial charge in [0.1, 0.15) is 30.3 Å². The van der Waals surface area contributed by atoms with Crippen LogP contribution in [0.2, 0.25) is 0 Å². The normalized spacial score (nSPS) is 13.3. The fourth-order valence-electron chi connectivity index (χ4n) is 2.22. The van der Waals surface area contributed by atoms with Gasteiger partial charge in [-0.2, -0.15) is 0 Å². The molecule has 0 aliphatic heterocycles. The SMILES string of the molecule is OCCOc1ccc([C@@H](O)[C@@H](CCO)Oc2ccccc2)cc1. The molecule has 23 heavy (non-hydrogen) atoms. The van der Waals surface area contributed by atoms with Crippen molar-refractivity contribution in [1.29, 1.82) is 0 Å². The molecule has 5 heteroatoms. The van der Waals surface area contributed by atoms with Crippen molar-refractivity contribution in [2.45, 2.75) is 18.6 Å². The molecule has 5 nitrogen and oxygen atoms in total. The van der Waals surface area contributed by atoms with Gasteiger partial charge < -0.3 is 24.8 Å². The molecule has 0 fully saturated rings. The number of hydrogen-bond acceptors (Lipinski definition) is 5. The van der Waals surface area contributed by atoms with E-state index in [9.17, 15) is 10.2 Å². The highest BCUT2D eigenvalue weighted by atomic mass is 16.5. The number of para-hydroxylation sites is 1. The molecule has 3 N–H and O–H groups in total. The standard InChI is InChI=1S/C18H22O5/c19-11-10-17(23-16-4-2-1-3-5-16)18(21)14-6-8-15(9-7-14)22-13-12-20/h1-9,17-21H,10-13H2/t17-,18-/m1/s1. The highest BCUT2D eigenvalue weighted by molar-refractivity contribution is 5.29. The quantitative estimate of drug-likeness (QED) is 0.658. The molecule has 2 aromatic carbocycles. The Morgan fingerprint density at radius 2 is 1.52 bits per heavy atom. The minimum Gasteiger partial charge on any atom is -0.491 e. The second-order valence-corrected chi connectivity index (χ2v) is 5.07. The van der Waals surface area contributed by atoms with Gasteiger partial charge in [0.15, 0.2) is 0 Å². The third-order valence-corrected chi connectivity index (χ3v) is 3.38. The molecule has 124 valence electrons. The molecule has 0 saturated carbocycles. The van der Waals surface area contributed by atoms with Crippen LogP contribution >= 0.6 is 0 Å². The van der Waals surface area contributed by atoms with Gasteiger partial charge >= 0.3 is 0 Å². The summed E-state index contributed by atoms with van der Waals surface area (Å²) < 4.78 is 11.1. The zero-order valence-electron chi connectivity index (χ0n) is 12.8. The monoisotopic (exact) mass is 318 g/mol. The van der Waals surface area contributed by atoms with Crippen molar-refractivity contribution in [2.75, 3.05) is 19.8 Å². The largest absolute Gasteiger partial charge is 0.491 e. The summed E-state index contributed by atoms with van der Waals surface area (Å²) in [5.74, 6) is 1.27. The molecule has 0 bridgehead atoms. The van der Waals surface area contributed by atoms with Gasteiger partial charge in [-0.3, -0.25) is 0 Å². The molecule has 2 atom stereocenters. The van der Waals surface area contributed by atoms with Crippen LogP contribution in [0.1, 0.15) is 18.1 Å². The Morgan fingerprint density at radius 1 is 0.826 bits per heavy atom. The molecule has 0 aliphatic rings. The maximum Gasteiger partial charge on any atom is 0.131 e. The molecular formula is C18H22O5. The number of hydrogen-bond donors (Lipinski definition) is 3. The molecule has 0 radical (unpaired) electrons. The summed E-state index contributed by atoms with van der Waals surface area (Å²) in [6.07, 6.45) is -1.10. The van der Waals surface area contributed by atoms with Crippen LogP contribution in [0.15, 0.2) is 54.6 Å². The molecule has 0 aliphatic carbocycles. The van der Waals surface area contributed by atoms with E-state index in [0.717, 1.165) is 0 Å². The van der Waals surface area contributed by atoms with Crippen LogP contribution in [0.4, 0.5) is 0 Å². The predicted molar refractivity (Wildman–Crippen MR) is 86.5 cm³/mol. The van der Waals surface area contributed by atoms with E-state index < -0.39 is 12.2 Å². The number of aliphatic hydroxyl groups is 3. The van der Waals surface area contributed by atoms with Crippen LogP contribution in [0, 0.1) is 0 Å². The van der Waals surface area contributed by atoms with Gasteiger partial charge in [-0.05, 0) is 29.8 Å². The summed E-state index contributed by atoms with van der Waals surface area (Å²) in [5, 5.41) is 28.5. The zero-order chi connectivity index (χ0) is 16.5. The van der Waals surface area contributed by atoms with Crippen LogP contribution in [0.5, 0.6) is 11.5 Å². The fourth-order valence-corrected chi connectivity index (χ4v) is 2.22. The van der Waals surface area contributed by atoms with Gasteiger partial charge in [0.25, 0.3) is 0 Å². The number of rotatable bonds is 9. The van der Waals surface area contributed by atoms with E-state index in [1.807, 2.05) is 30.3 Å². The third-order valence-electron chi connectivity index (χ3n) is 3.38. The Balaban J connectivity index is 2.06. The van der Waals surface area contributed by atoms with Crippen LogP contribution in [-0.4, -0.2) is 41.2 Å². The summed E-state index contributed by atoms with van der Waals surface area (Å²) in [6, 6.07) is 16.2. The van der Waals surface area contributed by atoms with E-state index in [2.05, 4.69) is 0 Å². The molecule has 0 saturated heterocycles. The highest BCUT2D eigenvalue weighted by Gasteiger charge is 2.22. The van der Waals surface area contributed by atoms with Crippen LogP contribution in [0.25, 0.3) is 0 Å². The Labute approximate surface area is 135 Å². The van der Waals surface area contributed by atoms with Gasteiger partial charge in [0.05, 0.1) is 6.61 Å². The lowest BCUT2D eigenvalue weighted by molar-refractivity contribution is 0.0204. The second-order valence-electron chi connectivity index (χ2n) is 5.07. The molecular weight excluding hydrogens is 296 g/mol. The number of ether oxygens (including phenoxy) is 2. The Hall–Kier alpha value is -2.08. The zero-order valence-corrected chi connectivity index (χ0v) is 12.8. The summed E-state index contributed by atoms with van der Waals surface area (Å²) in [7, 11) is 0.